The second kappa shape index (κ2) is 4.19. The Balaban J connectivity index is 1.74. The first-order valence-electron chi connectivity index (χ1n) is 6.87. The molecule has 0 amide bonds. The number of benzene rings is 2. The van der Waals surface area contributed by atoms with E-state index in [1.54, 1.807) is 0 Å². The first-order valence-corrected chi connectivity index (χ1v) is 6.87. The van der Waals surface area contributed by atoms with Crippen LogP contribution in [0.5, 0.6) is 0 Å². The van der Waals surface area contributed by atoms with Crippen LogP contribution in [0.3, 0.4) is 0 Å². The third-order valence-electron chi connectivity index (χ3n) is 4.42. The van der Waals surface area contributed by atoms with Gasteiger partial charge in [-0.15, -0.1) is 0 Å². The van der Waals surface area contributed by atoms with E-state index < -0.39 is 0 Å². The Labute approximate surface area is 113 Å². The molecular formula is C17H17NO. The van der Waals surface area contributed by atoms with Crippen molar-refractivity contribution in [1.82, 2.24) is 5.06 Å². The van der Waals surface area contributed by atoms with Crippen LogP contribution in [0.25, 0.3) is 0 Å². The third kappa shape index (κ3) is 1.64. The van der Waals surface area contributed by atoms with Crippen LogP contribution in [0.15, 0.2) is 54.6 Å². The zero-order valence-corrected chi connectivity index (χ0v) is 11.0. The maximum absolute atomic E-state index is 6.11. The lowest BCUT2D eigenvalue weighted by molar-refractivity contribution is -0.146. The van der Waals surface area contributed by atoms with Crippen LogP contribution in [0, 0.1) is 5.92 Å². The van der Waals surface area contributed by atoms with Gasteiger partial charge in [0.15, 0.2) is 0 Å². The molecule has 0 spiro atoms. The smallest absolute Gasteiger partial charge is 0.110 e. The maximum atomic E-state index is 6.11. The zero-order valence-electron chi connectivity index (χ0n) is 11.0. The summed E-state index contributed by atoms with van der Waals surface area (Å²) < 4.78 is 0. The molecule has 0 N–H and O–H groups in total. The molecule has 0 saturated carbocycles. The van der Waals surface area contributed by atoms with Crippen molar-refractivity contribution in [1.29, 1.82) is 0 Å². The number of hydrogen-bond donors (Lipinski definition) is 0. The van der Waals surface area contributed by atoms with Crippen molar-refractivity contribution in [3.8, 4) is 0 Å². The van der Waals surface area contributed by atoms with Crippen molar-refractivity contribution in [2.75, 3.05) is 7.05 Å². The monoisotopic (exact) mass is 251 g/mol. The van der Waals surface area contributed by atoms with Crippen molar-refractivity contribution in [2.24, 2.45) is 5.92 Å². The summed E-state index contributed by atoms with van der Waals surface area (Å²) in [6.07, 6.45) is 1.34. The fourth-order valence-corrected chi connectivity index (χ4v) is 3.62. The molecule has 2 aromatic carbocycles. The summed E-state index contributed by atoms with van der Waals surface area (Å²) in [5.74, 6) is 0.532. The van der Waals surface area contributed by atoms with Gasteiger partial charge < -0.3 is 0 Å². The average Bonchev–Trinajstić information content (AvgIpc) is 2.94. The normalized spacial score (nSPS) is 29.2. The Morgan fingerprint density at radius 1 is 1.00 bits per heavy atom. The molecule has 19 heavy (non-hydrogen) atoms. The summed E-state index contributed by atoms with van der Waals surface area (Å²) in [7, 11) is 2.05. The number of nitrogens with zero attached hydrogens (tertiary/aromatic N) is 1. The number of hydrogen-bond acceptors (Lipinski definition) is 2. The Morgan fingerprint density at radius 3 is 2.58 bits per heavy atom. The van der Waals surface area contributed by atoms with Gasteiger partial charge in [0.2, 0.25) is 0 Å². The highest BCUT2D eigenvalue weighted by atomic mass is 16.7. The van der Waals surface area contributed by atoms with Crippen molar-refractivity contribution < 1.29 is 4.84 Å². The molecule has 96 valence electrons. The first-order chi connectivity index (χ1) is 9.34. The van der Waals surface area contributed by atoms with E-state index in [1.165, 1.54) is 16.7 Å². The molecule has 2 aromatic rings. The van der Waals surface area contributed by atoms with E-state index in [1.807, 2.05) is 5.06 Å². The summed E-state index contributed by atoms with van der Waals surface area (Å²) in [5, 5.41) is 2.04. The highest BCUT2D eigenvalue weighted by Crippen LogP contribution is 2.52. The van der Waals surface area contributed by atoms with E-state index in [0.29, 0.717) is 12.0 Å². The second-order valence-electron chi connectivity index (χ2n) is 5.49. The molecule has 3 atom stereocenters. The Hall–Kier alpha value is -1.64. The molecule has 1 aliphatic carbocycles. The molecule has 1 aliphatic heterocycles. The molecule has 0 radical (unpaired) electrons. The summed E-state index contributed by atoms with van der Waals surface area (Å²) >= 11 is 0. The van der Waals surface area contributed by atoms with E-state index in [9.17, 15) is 0 Å². The van der Waals surface area contributed by atoms with E-state index in [2.05, 4.69) is 61.6 Å². The van der Waals surface area contributed by atoms with Crippen molar-refractivity contribution >= 4 is 0 Å². The fourth-order valence-electron chi connectivity index (χ4n) is 3.62. The first kappa shape index (κ1) is 11.2. The van der Waals surface area contributed by atoms with E-state index >= 15 is 0 Å². The number of rotatable bonds is 1. The Bertz CT molecular complexity index is 595. The predicted octanol–water partition coefficient (Wildman–Crippen LogP) is 3.52. The van der Waals surface area contributed by atoms with Crippen LogP contribution in [0.2, 0.25) is 0 Å². The van der Waals surface area contributed by atoms with Gasteiger partial charge in [-0.3, -0.25) is 4.84 Å². The average molecular weight is 251 g/mol. The molecule has 1 fully saturated rings. The summed E-state index contributed by atoms with van der Waals surface area (Å²) in [6, 6.07) is 19.7. The molecule has 1 heterocycles. The van der Waals surface area contributed by atoms with Crippen LogP contribution in [-0.4, -0.2) is 12.1 Å². The van der Waals surface area contributed by atoms with Crippen LogP contribution in [0.4, 0.5) is 0 Å². The quantitative estimate of drug-likeness (QED) is 0.769. The van der Waals surface area contributed by atoms with Crippen molar-refractivity contribution in [2.45, 2.75) is 18.6 Å². The fraction of sp³-hybridized carbons (Fsp3) is 0.294. The zero-order chi connectivity index (χ0) is 12.8. The van der Waals surface area contributed by atoms with Gasteiger partial charge in [0.1, 0.15) is 6.10 Å². The number of fused-ring (bicyclic) bond motifs is 3. The second-order valence-corrected chi connectivity index (χ2v) is 5.49. The van der Waals surface area contributed by atoms with Gasteiger partial charge in [0, 0.05) is 13.0 Å². The van der Waals surface area contributed by atoms with Crippen LogP contribution < -0.4 is 0 Å². The molecule has 0 unspecified atom stereocenters. The highest BCUT2D eigenvalue weighted by molar-refractivity contribution is 5.37. The van der Waals surface area contributed by atoms with Gasteiger partial charge in [-0.05, 0) is 23.1 Å². The lowest BCUT2D eigenvalue weighted by atomic mass is 9.90. The number of hydroxylamine groups is 2. The van der Waals surface area contributed by atoms with Crippen LogP contribution in [-0.2, 0) is 11.3 Å². The Kier molecular flexibility index (Phi) is 2.47. The Morgan fingerprint density at radius 2 is 1.74 bits per heavy atom. The van der Waals surface area contributed by atoms with Crippen molar-refractivity contribution in [3.63, 3.8) is 0 Å². The summed E-state index contributed by atoms with van der Waals surface area (Å²) in [4.78, 5) is 6.11. The van der Waals surface area contributed by atoms with Crippen LogP contribution >= 0.6 is 0 Å². The topological polar surface area (TPSA) is 12.5 Å². The van der Waals surface area contributed by atoms with Crippen molar-refractivity contribution in [3.05, 3.63) is 71.3 Å². The summed E-state index contributed by atoms with van der Waals surface area (Å²) in [5.41, 5.74) is 4.18. The molecule has 2 heteroatoms. The van der Waals surface area contributed by atoms with Gasteiger partial charge in [-0.1, -0.05) is 54.6 Å². The highest BCUT2D eigenvalue weighted by Gasteiger charge is 2.47. The van der Waals surface area contributed by atoms with Gasteiger partial charge in [0.05, 0.1) is 6.04 Å². The minimum Gasteiger partial charge on any atom is -0.290 e. The van der Waals surface area contributed by atoms with Gasteiger partial charge >= 0.3 is 0 Å². The molecule has 1 saturated heterocycles. The molecule has 2 nitrogen and oxygen atoms in total. The van der Waals surface area contributed by atoms with Crippen LogP contribution in [0.1, 0.15) is 28.8 Å². The largest absolute Gasteiger partial charge is 0.290 e. The molecule has 0 bridgehead atoms. The van der Waals surface area contributed by atoms with Gasteiger partial charge in [-0.2, -0.15) is 5.06 Å². The van der Waals surface area contributed by atoms with Gasteiger partial charge in [-0.25, -0.2) is 0 Å². The lowest BCUT2D eigenvalue weighted by Crippen LogP contribution is -2.20. The minimum absolute atomic E-state index is 0.228. The molecule has 0 aromatic heterocycles. The SMILES string of the molecule is CN1O[C@H]2c3ccccc3C[C@H]2[C@H]1c1ccccc1. The maximum Gasteiger partial charge on any atom is 0.110 e. The minimum atomic E-state index is 0.228. The lowest BCUT2D eigenvalue weighted by Gasteiger charge is -2.22. The van der Waals surface area contributed by atoms with E-state index in [4.69, 9.17) is 4.84 Å². The third-order valence-corrected chi connectivity index (χ3v) is 4.42. The predicted molar refractivity (Wildman–Crippen MR) is 74.4 cm³/mol. The standard InChI is InChI=1S/C17H17NO/c1-18-16(12-7-3-2-4-8-12)15-11-13-9-5-6-10-14(13)17(15)19-18/h2-10,15-17H,11H2,1H3/t15-,16+,17-/m0/s1. The molecule has 2 aliphatic rings. The van der Waals surface area contributed by atoms with E-state index in [-0.39, 0.29) is 6.10 Å². The molecular weight excluding hydrogens is 234 g/mol. The summed E-state index contributed by atoms with van der Waals surface area (Å²) in [6.45, 7) is 0. The van der Waals surface area contributed by atoms with Gasteiger partial charge in [0.25, 0.3) is 0 Å². The molecule has 4 rings (SSSR count). The van der Waals surface area contributed by atoms with E-state index in [0.717, 1.165) is 6.42 Å².